The second-order valence-electron chi connectivity index (χ2n) is 4.49. The van der Waals surface area contributed by atoms with Gasteiger partial charge in [-0.1, -0.05) is 0 Å². The molecule has 0 saturated carbocycles. The van der Waals surface area contributed by atoms with E-state index in [1.54, 1.807) is 52.7 Å². The molecule has 132 valence electrons. The van der Waals surface area contributed by atoms with E-state index in [4.69, 9.17) is 55.7 Å². The van der Waals surface area contributed by atoms with Gasteiger partial charge < -0.3 is 55.7 Å². The van der Waals surface area contributed by atoms with E-state index in [0.29, 0.717) is 44.2 Å². The first kappa shape index (κ1) is 23.3. The number of anilines is 2. The summed E-state index contributed by atoms with van der Waals surface area (Å²) in [4.78, 5) is 1.15. The molecule has 0 fully saturated rings. The summed E-state index contributed by atoms with van der Waals surface area (Å²) in [6.45, 7) is 0. The molecule has 0 aromatic heterocycles. The van der Waals surface area contributed by atoms with Crippen LogP contribution in [0, 0.1) is 0 Å². The van der Waals surface area contributed by atoms with Crippen molar-refractivity contribution in [2.24, 2.45) is 0 Å². The van der Waals surface area contributed by atoms with E-state index in [1.165, 1.54) is 0 Å². The molecule has 0 unspecified atom stereocenters. The maximum Gasteiger partial charge on any atom is 2.00 e. The Labute approximate surface area is 171 Å². The molecule has 0 amide bonds. The molecule has 0 bridgehead atoms. The Morgan fingerprint density at radius 1 is 0.600 bits per heavy atom. The summed E-state index contributed by atoms with van der Waals surface area (Å²) < 4.78 is 20.1. The molecule has 0 radical (unpaired) electrons. The van der Waals surface area contributed by atoms with Crippen molar-refractivity contribution in [2.75, 3.05) is 39.9 Å². The average molecular weight is 434 g/mol. The van der Waals surface area contributed by atoms with Crippen LogP contribution in [0.25, 0.3) is 0 Å². The average Bonchev–Trinajstić information content (AvgIpc) is 2.59. The minimum absolute atomic E-state index is 0. The van der Waals surface area contributed by atoms with Crippen molar-refractivity contribution in [2.45, 2.75) is 9.79 Å². The number of hydrogen-bond donors (Lipinski definition) is 2. The minimum Gasteiger partial charge on any atom is -0.778 e. The number of ether oxygens (including phenoxy) is 4. The summed E-state index contributed by atoms with van der Waals surface area (Å²) in [5.41, 5.74) is 12.2. The quantitative estimate of drug-likeness (QED) is 0.431. The van der Waals surface area contributed by atoms with Gasteiger partial charge in [-0.05, 0) is 12.1 Å². The van der Waals surface area contributed by atoms with Crippen LogP contribution in [0.5, 0.6) is 23.0 Å². The third kappa shape index (κ3) is 6.27. The molecule has 0 atom stereocenters. The first-order valence-corrected chi connectivity index (χ1v) is 7.56. The SMILES string of the molecule is COc1cc(N)c([S-])cc1OC.COc1cc(N)c([S-])cc1OC.[Zn+2]. The number of nitrogen functional groups attached to an aromatic ring is 2. The third-order valence-corrected chi connectivity index (χ3v) is 3.74. The Balaban J connectivity index is 0.000000443. The zero-order valence-electron chi connectivity index (χ0n) is 14.6. The molecule has 0 aliphatic heterocycles. The number of nitrogens with two attached hydrogens (primary N) is 2. The van der Waals surface area contributed by atoms with Gasteiger partial charge in [-0.25, -0.2) is 0 Å². The van der Waals surface area contributed by atoms with E-state index in [-0.39, 0.29) is 19.5 Å². The normalized spacial score (nSPS) is 9.12. The molecule has 0 aliphatic carbocycles. The van der Waals surface area contributed by atoms with Gasteiger partial charge >= 0.3 is 19.5 Å². The van der Waals surface area contributed by atoms with Crippen LogP contribution in [-0.4, -0.2) is 28.4 Å². The van der Waals surface area contributed by atoms with Gasteiger partial charge in [0.2, 0.25) is 0 Å². The topological polar surface area (TPSA) is 89.0 Å². The summed E-state index contributed by atoms with van der Waals surface area (Å²) in [6.07, 6.45) is 0. The molecular formula is C16H20N2O4S2Zn. The van der Waals surface area contributed by atoms with E-state index in [2.05, 4.69) is 0 Å². The Kier molecular flexibility index (Phi) is 10.3. The van der Waals surface area contributed by atoms with Gasteiger partial charge in [0, 0.05) is 23.5 Å². The third-order valence-electron chi connectivity index (χ3n) is 3.03. The van der Waals surface area contributed by atoms with Crippen molar-refractivity contribution >= 4 is 36.6 Å². The number of methoxy groups -OCH3 is 4. The summed E-state index contributed by atoms with van der Waals surface area (Å²) in [5.74, 6) is 2.42. The van der Waals surface area contributed by atoms with Gasteiger partial charge in [0.05, 0.1) is 28.4 Å². The van der Waals surface area contributed by atoms with E-state index in [1.807, 2.05) is 0 Å². The molecule has 6 nitrogen and oxygen atoms in total. The Bertz CT molecular complexity index is 585. The van der Waals surface area contributed by atoms with E-state index in [0.717, 1.165) is 0 Å². The summed E-state index contributed by atoms with van der Waals surface area (Å²) in [6, 6.07) is 6.65. The zero-order chi connectivity index (χ0) is 18.3. The van der Waals surface area contributed by atoms with Crippen LogP contribution in [0.15, 0.2) is 34.1 Å². The van der Waals surface area contributed by atoms with Crippen LogP contribution < -0.4 is 30.4 Å². The molecule has 0 saturated heterocycles. The van der Waals surface area contributed by atoms with Gasteiger partial charge in [0.1, 0.15) is 0 Å². The molecule has 25 heavy (non-hydrogen) atoms. The molecule has 0 heterocycles. The van der Waals surface area contributed by atoms with Gasteiger partial charge in [0.15, 0.2) is 23.0 Å². The van der Waals surface area contributed by atoms with Gasteiger partial charge in [-0.3, -0.25) is 0 Å². The van der Waals surface area contributed by atoms with Gasteiger partial charge in [0.25, 0.3) is 0 Å². The monoisotopic (exact) mass is 432 g/mol. The van der Waals surface area contributed by atoms with Crippen LogP contribution in [0.1, 0.15) is 0 Å². The Hall–Kier alpha value is -1.70. The Morgan fingerprint density at radius 2 is 0.840 bits per heavy atom. The van der Waals surface area contributed by atoms with Crippen LogP contribution >= 0.6 is 0 Å². The Morgan fingerprint density at radius 3 is 1.08 bits per heavy atom. The van der Waals surface area contributed by atoms with Crippen LogP contribution in [0.4, 0.5) is 11.4 Å². The van der Waals surface area contributed by atoms with Crippen molar-refractivity contribution in [3.63, 3.8) is 0 Å². The standard InChI is InChI=1S/2C8H11NO2S.Zn/c2*1-10-6-3-5(9)8(12)4-7(6)11-2;/h2*3-4,12H,9H2,1-2H3;/q;;+2/p-2. The predicted molar refractivity (Wildman–Crippen MR) is 99.2 cm³/mol. The number of rotatable bonds is 4. The van der Waals surface area contributed by atoms with E-state index in [9.17, 15) is 0 Å². The minimum atomic E-state index is 0. The van der Waals surface area contributed by atoms with Gasteiger partial charge in [-0.2, -0.15) is 0 Å². The van der Waals surface area contributed by atoms with Gasteiger partial charge in [-0.15, -0.1) is 9.79 Å². The van der Waals surface area contributed by atoms with Crippen molar-refractivity contribution in [1.82, 2.24) is 0 Å². The molecule has 9 heteroatoms. The fraction of sp³-hybridized carbons (Fsp3) is 0.250. The molecular weight excluding hydrogens is 414 g/mol. The second-order valence-corrected chi connectivity index (χ2v) is 5.37. The molecule has 0 aliphatic rings. The fourth-order valence-corrected chi connectivity index (χ4v) is 2.08. The summed E-state index contributed by atoms with van der Waals surface area (Å²) in [5, 5.41) is 0. The molecule has 2 aromatic rings. The van der Waals surface area contributed by atoms with Crippen molar-refractivity contribution in [3.8, 4) is 23.0 Å². The largest absolute Gasteiger partial charge is 2.00 e. The van der Waals surface area contributed by atoms with Crippen LogP contribution in [0.3, 0.4) is 0 Å². The maximum atomic E-state index is 5.58. The number of benzene rings is 2. The molecule has 2 rings (SSSR count). The smallest absolute Gasteiger partial charge is 0.778 e. The fourth-order valence-electron chi connectivity index (χ4n) is 1.75. The van der Waals surface area contributed by atoms with Crippen LogP contribution in [-0.2, 0) is 44.7 Å². The predicted octanol–water partition coefficient (Wildman–Crippen LogP) is 2.38. The van der Waals surface area contributed by atoms with Crippen molar-refractivity contribution in [1.29, 1.82) is 0 Å². The van der Waals surface area contributed by atoms with E-state index >= 15 is 0 Å². The first-order valence-electron chi connectivity index (χ1n) is 6.74. The second kappa shape index (κ2) is 11.0. The summed E-state index contributed by atoms with van der Waals surface area (Å²) >= 11 is 9.91. The summed E-state index contributed by atoms with van der Waals surface area (Å²) in [7, 11) is 6.23. The molecule has 2 aromatic carbocycles. The zero-order valence-corrected chi connectivity index (χ0v) is 19.2. The van der Waals surface area contributed by atoms with Crippen LogP contribution in [0.2, 0.25) is 0 Å². The first-order chi connectivity index (χ1) is 11.4. The van der Waals surface area contributed by atoms with Crippen molar-refractivity contribution < 1.29 is 38.4 Å². The maximum absolute atomic E-state index is 5.58. The molecule has 4 N–H and O–H groups in total. The number of hydrogen-bond acceptors (Lipinski definition) is 8. The molecule has 0 spiro atoms. The van der Waals surface area contributed by atoms with E-state index < -0.39 is 0 Å². The van der Waals surface area contributed by atoms with Crippen molar-refractivity contribution in [3.05, 3.63) is 24.3 Å².